The lowest BCUT2D eigenvalue weighted by Gasteiger charge is -2.31. The molecule has 1 amide bonds. The number of carbonyl (C=O) groups is 1. The van der Waals surface area contributed by atoms with Crippen LogP contribution in [0.15, 0.2) is 18.2 Å². The topological polar surface area (TPSA) is 32.3 Å². The van der Waals surface area contributed by atoms with Crippen molar-refractivity contribution >= 4 is 41.7 Å². The van der Waals surface area contributed by atoms with Gasteiger partial charge in [-0.1, -0.05) is 23.7 Å². The van der Waals surface area contributed by atoms with E-state index in [1.165, 1.54) is 11.1 Å². The second-order valence-corrected chi connectivity index (χ2v) is 6.93. The average molecular weight is 347 g/mol. The quantitative estimate of drug-likeness (QED) is 0.893. The number of hydrogen-bond acceptors (Lipinski definition) is 3. The van der Waals surface area contributed by atoms with E-state index in [1.54, 1.807) is 0 Å². The summed E-state index contributed by atoms with van der Waals surface area (Å²) < 4.78 is 0. The molecule has 1 saturated heterocycles. The molecule has 0 spiro atoms. The van der Waals surface area contributed by atoms with Gasteiger partial charge in [0.2, 0.25) is 5.91 Å². The minimum atomic E-state index is 0. The highest BCUT2D eigenvalue weighted by atomic mass is 35.5. The number of nitrogens with one attached hydrogen (secondary N) is 1. The van der Waals surface area contributed by atoms with Gasteiger partial charge in [0, 0.05) is 48.6 Å². The predicted octanol–water partition coefficient (Wildman–Crippen LogP) is 2.74. The first-order valence-corrected chi connectivity index (χ1v) is 8.62. The molecule has 0 saturated carbocycles. The first-order valence-electron chi connectivity index (χ1n) is 7.09. The van der Waals surface area contributed by atoms with Crippen LogP contribution in [-0.4, -0.2) is 41.4 Å². The van der Waals surface area contributed by atoms with Crippen LogP contribution in [0.1, 0.15) is 17.5 Å². The van der Waals surface area contributed by atoms with Gasteiger partial charge in [-0.05, 0) is 23.6 Å². The van der Waals surface area contributed by atoms with Gasteiger partial charge in [-0.15, -0.1) is 12.4 Å². The Hall–Kier alpha value is -0.420. The maximum atomic E-state index is 12.4. The fourth-order valence-electron chi connectivity index (χ4n) is 2.87. The summed E-state index contributed by atoms with van der Waals surface area (Å²) in [6.07, 6.45) is 1.48. The van der Waals surface area contributed by atoms with Gasteiger partial charge in [0.15, 0.2) is 0 Å². The molecule has 2 aliphatic heterocycles. The van der Waals surface area contributed by atoms with Crippen molar-refractivity contribution in [3.05, 3.63) is 34.3 Å². The van der Waals surface area contributed by atoms with Crippen LogP contribution in [0.25, 0.3) is 0 Å². The third kappa shape index (κ3) is 4.07. The fourth-order valence-corrected chi connectivity index (χ4v) is 4.10. The molecule has 3 nitrogen and oxygen atoms in total. The number of rotatable bonds is 2. The van der Waals surface area contributed by atoms with Crippen LogP contribution < -0.4 is 5.32 Å². The Kier molecular flexibility index (Phi) is 6.23. The summed E-state index contributed by atoms with van der Waals surface area (Å²) in [7, 11) is 0. The lowest BCUT2D eigenvalue weighted by molar-refractivity contribution is -0.132. The van der Waals surface area contributed by atoms with Gasteiger partial charge in [0.25, 0.3) is 0 Å². The number of hydrogen-bond donors (Lipinski definition) is 1. The molecule has 0 aromatic heterocycles. The molecular weight excluding hydrogens is 327 g/mol. The zero-order valence-electron chi connectivity index (χ0n) is 11.8. The van der Waals surface area contributed by atoms with Crippen LogP contribution in [0.5, 0.6) is 0 Å². The van der Waals surface area contributed by atoms with Crippen molar-refractivity contribution in [1.29, 1.82) is 0 Å². The Balaban J connectivity index is 0.00000161. The Bertz CT molecular complexity index is 506. The summed E-state index contributed by atoms with van der Waals surface area (Å²) in [6.45, 7) is 2.51. The standard InChI is InChI=1S/C15H19ClN2OS.ClH/c16-14-3-1-2-11-9-18(6-4-13(11)14)15(19)8-12-10-20-7-5-17-12;/h1-3,12,17H,4-10H2;1H. The number of thioether (sulfide) groups is 1. The number of fused-ring (bicyclic) bond motifs is 1. The summed E-state index contributed by atoms with van der Waals surface area (Å²) >= 11 is 8.14. The first-order chi connectivity index (χ1) is 9.74. The SMILES string of the molecule is Cl.O=C(CC1CSCCN1)N1CCc2c(Cl)cccc2C1. The number of amides is 1. The van der Waals surface area contributed by atoms with Crippen LogP contribution >= 0.6 is 35.8 Å². The molecule has 1 N–H and O–H groups in total. The maximum Gasteiger partial charge on any atom is 0.224 e. The van der Waals surface area contributed by atoms with E-state index in [9.17, 15) is 4.79 Å². The van der Waals surface area contributed by atoms with Gasteiger partial charge < -0.3 is 10.2 Å². The lowest BCUT2D eigenvalue weighted by atomic mass is 9.99. The number of carbonyl (C=O) groups excluding carboxylic acids is 1. The largest absolute Gasteiger partial charge is 0.338 e. The zero-order chi connectivity index (χ0) is 13.9. The van der Waals surface area contributed by atoms with Crippen LogP contribution in [0, 0.1) is 0 Å². The van der Waals surface area contributed by atoms with E-state index in [4.69, 9.17) is 11.6 Å². The molecule has 1 unspecified atom stereocenters. The zero-order valence-corrected chi connectivity index (χ0v) is 14.2. The van der Waals surface area contributed by atoms with Crippen LogP contribution in [-0.2, 0) is 17.8 Å². The van der Waals surface area contributed by atoms with E-state index in [1.807, 2.05) is 28.8 Å². The van der Waals surface area contributed by atoms with Gasteiger partial charge in [-0.3, -0.25) is 4.79 Å². The normalized spacial score (nSPS) is 21.4. The molecule has 1 aromatic carbocycles. The summed E-state index contributed by atoms with van der Waals surface area (Å²) in [4.78, 5) is 14.4. The maximum absolute atomic E-state index is 12.4. The van der Waals surface area contributed by atoms with Crippen molar-refractivity contribution in [2.75, 3.05) is 24.6 Å². The van der Waals surface area contributed by atoms with Crippen molar-refractivity contribution in [2.24, 2.45) is 0 Å². The van der Waals surface area contributed by atoms with E-state index in [0.29, 0.717) is 19.0 Å². The van der Waals surface area contributed by atoms with Crippen LogP contribution in [0.2, 0.25) is 5.02 Å². The minimum Gasteiger partial charge on any atom is -0.338 e. The lowest BCUT2D eigenvalue weighted by Crippen LogP contribution is -2.43. The molecule has 21 heavy (non-hydrogen) atoms. The summed E-state index contributed by atoms with van der Waals surface area (Å²) in [5, 5.41) is 4.26. The van der Waals surface area contributed by atoms with E-state index >= 15 is 0 Å². The number of nitrogens with zero attached hydrogens (tertiary/aromatic N) is 1. The summed E-state index contributed by atoms with van der Waals surface area (Å²) in [6, 6.07) is 6.31. The molecule has 1 fully saturated rings. The third-order valence-electron chi connectivity index (χ3n) is 3.98. The molecule has 1 atom stereocenters. The molecule has 0 bridgehead atoms. The molecule has 6 heteroatoms. The first kappa shape index (κ1) is 16.9. The molecule has 116 valence electrons. The van der Waals surface area contributed by atoms with Gasteiger partial charge in [-0.2, -0.15) is 11.8 Å². The predicted molar refractivity (Wildman–Crippen MR) is 91.6 cm³/mol. The Labute approximate surface area is 141 Å². The highest BCUT2D eigenvalue weighted by molar-refractivity contribution is 7.99. The van der Waals surface area contributed by atoms with Crippen molar-refractivity contribution in [2.45, 2.75) is 25.4 Å². The van der Waals surface area contributed by atoms with Crippen molar-refractivity contribution in [3.8, 4) is 0 Å². The summed E-state index contributed by atoms with van der Waals surface area (Å²) in [5.74, 6) is 2.46. The van der Waals surface area contributed by atoms with E-state index < -0.39 is 0 Å². The van der Waals surface area contributed by atoms with E-state index in [0.717, 1.165) is 36.0 Å². The average Bonchev–Trinajstić information content (AvgIpc) is 2.48. The molecule has 0 aliphatic carbocycles. The molecule has 1 aromatic rings. The molecule has 2 aliphatic rings. The molecule has 3 rings (SSSR count). The molecule has 0 radical (unpaired) electrons. The van der Waals surface area contributed by atoms with Gasteiger partial charge in [0.1, 0.15) is 0 Å². The third-order valence-corrected chi connectivity index (χ3v) is 5.47. The highest BCUT2D eigenvalue weighted by Gasteiger charge is 2.24. The van der Waals surface area contributed by atoms with Crippen molar-refractivity contribution < 1.29 is 4.79 Å². The van der Waals surface area contributed by atoms with E-state index in [-0.39, 0.29) is 18.3 Å². The van der Waals surface area contributed by atoms with Gasteiger partial charge in [-0.25, -0.2) is 0 Å². The highest BCUT2D eigenvalue weighted by Crippen LogP contribution is 2.26. The van der Waals surface area contributed by atoms with Gasteiger partial charge in [0.05, 0.1) is 0 Å². The fraction of sp³-hybridized carbons (Fsp3) is 0.533. The smallest absolute Gasteiger partial charge is 0.224 e. The Morgan fingerprint density at radius 2 is 2.33 bits per heavy atom. The Morgan fingerprint density at radius 3 is 3.10 bits per heavy atom. The minimum absolute atomic E-state index is 0. The second kappa shape index (κ2) is 7.73. The van der Waals surface area contributed by atoms with Crippen LogP contribution in [0.4, 0.5) is 0 Å². The second-order valence-electron chi connectivity index (χ2n) is 5.37. The van der Waals surface area contributed by atoms with E-state index in [2.05, 4.69) is 11.4 Å². The van der Waals surface area contributed by atoms with Gasteiger partial charge >= 0.3 is 0 Å². The number of halogens is 2. The monoisotopic (exact) mass is 346 g/mol. The molecular formula is C15H20Cl2N2OS. The number of benzene rings is 1. The Morgan fingerprint density at radius 1 is 1.48 bits per heavy atom. The molecule has 2 heterocycles. The van der Waals surface area contributed by atoms with Crippen LogP contribution in [0.3, 0.4) is 0 Å². The van der Waals surface area contributed by atoms with Crippen molar-refractivity contribution in [3.63, 3.8) is 0 Å². The van der Waals surface area contributed by atoms with Crippen molar-refractivity contribution in [1.82, 2.24) is 10.2 Å². The summed E-state index contributed by atoms with van der Waals surface area (Å²) in [5.41, 5.74) is 2.41.